The Labute approximate surface area is 94.7 Å². The number of tetrazole rings is 1. The van der Waals surface area contributed by atoms with Crippen LogP contribution in [0.5, 0.6) is 0 Å². The van der Waals surface area contributed by atoms with Gasteiger partial charge in [-0.3, -0.25) is 0 Å². The molecular formula is C9H8F2N4S. The summed E-state index contributed by atoms with van der Waals surface area (Å²) < 4.78 is 25.8. The summed E-state index contributed by atoms with van der Waals surface area (Å²) in [6.07, 6.45) is 0. The van der Waals surface area contributed by atoms with Crippen LogP contribution in [0.15, 0.2) is 29.4 Å². The largest absolute Gasteiger partial charge is 0.291 e. The number of aryl methyl sites for hydroxylation is 1. The molecule has 7 heteroatoms. The van der Waals surface area contributed by atoms with Crippen LogP contribution in [-0.4, -0.2) is 26.0 Å². The Morgan fingerprint density at radius 3 is 2.75 bits per heavy atom. The Kier molecular flexibility index (Phi) is 3.14. The Bertz CT molecular complexity index is 486. The summed E-state index contributed by atoms with van der Waals surface area (Å²) in [5.41, 5.74) is 1.63. The lowest BCUT2D eigenvalue weighted by Crippen LogP contribution is -2.02. The van der Waals surface area contributed by atoms with Crippen molar-refractivity contribution in [2.24, 2.45) is 0 Å². The molecule has 0 fully saturated rings. The SMILES string of the molecule is Cc1ccccc1-n1nnnc1SC(F)F. The van der Waals surface area contributed by atoms with Gasteiger partial charge in [0.05, 0.1) is 5.69 Å². The second-order valence-corrected chi connectivity index (χ2v) is 4.00. The molecule has 0 aliphatic carbocycles. The van der Waals surface area contributed by atoms with Gasteiger partial charge in [0.2, 0.25) is 5.16 Å². The van der Waals surface area contributed by atoms with E-state index in [9.17, 15) is 8.78 Å². The number of nitrogens with zero attached hydrogens (tertiary/aromatic N) is 4. The molecule has 0 N–H and O–H groups in total. The standard InChI is InChI=1S/C9H8F2N4S/c1-6-4-2-3-5-7(6)15-9(12-13-14-15)16-8(10)11/h2-5,8H,1H3. The lowest BCUT2D eigenvalue weighted by Gasteiger charge is -2.06. The maximum atomic E-state index is 12.2. The van der Waals surface area contributed by atoms with E-state index < -0.39 is 5.76 Å². The molecule has 0 aliphatic heterocycles. The van der Waals surface area contributed by atoms with Gasteiger partial charge in [-0.1, -0.05) is 18.2 Å². The monoisotopic (exact) mass is 242 g/mol. The number of para-hydroxylation sites is 1. The van der Waals surface area contributed by atoms with Crippen LogP contribution in [0.1, 0.15) is 5.56 Å². The van der Waals surface area contributed by atoms with Crippen LogP contribution < -0.4 is 0 Å². The Hall–Kier alpha value is -1.50. The first-order valence-corrected chi connectivity index (χ1v) is 5.35. The van der Waals surface area contributed by atoms with Gasteiger partial charge >= 0.3 is 0 Å². The zero-order chi connectivity index (χ0) is 11.5. The Balaban J connectivity index is 2.41. The lowest BCUT2D eigenvalue weighted by atomic mass is 10.2. The highest BCUT2D eigenvalue weighted by molar-refractivity contribution is 7.99. The van der Waals surface area contributed by atoms with Crippen LogP contribution in [0.25, 0.3) is 5.69 Å². The van der Waals surface area contributed by atoms with Gasteiger partial charge in [-0.05, 0) is 40.7 Å². The number of hydrogen-bond donors (Lipinski definition) is 0. The van der Waals surface area contributed by atoms with E-state index >= 15 is 0 Å². The van der Waals surface area contributed by atoms with E-state index in [2.05, 4.69) is 15.5 Å². The van der Waals surface area contributed by atoms with Gasteiger partial charge in [0.1, 0.15) is 0 Å². The third-order valence-corrected chi connectivity index (χ3v) is 2.62. The summed E-state index contributed by atoms with van der Waals surface area (Å²) >= 11 is 0.329. The van der Waals surface area contributed by atoms with Gasteiger partial charge in [-0.2, -0.15) is 13.5 Å². The molecule has 0 bridgehead atoms. The summed E-state index contributed by atoms with van der Waals surface area (Å²) in [7, 11) is 0. The second-order valence-electron chi connectivity index (χ2n) is 3.04. The normalized spacial score (nSPS) is 11.0. The summed E-state index contributed by atoms with van der Waals surface area (Å²) in [6, 6.07) is 7.32. The van der Waals surface area contributed by atoms with Gasteiger partial charge in [0, 0.05) is 0 Å². The molecule has 1 aromatic heterocycles. The topological polar surface area (TPSA) is 43.6 Å². The van der Waals surface area contributed by atoms with Crippen molar-refractivity contribution in [3.05, 3.63) is 29.8 Å². The Morgan fingerprint density at radius 2 is 2.06 bits per heavy atom. The second kappa shape index (κ2) is 4.56. The highest BCUT2D eigenvalue weighted by Crippen LogP contribution is 2.25. The molecule has 1 heterocycles. The minimum Gasteiger partial charge on any atom is -0.197 e. The zero-order valence-corrected chi connectivity index (χ0v) is 9.16. The molecule has 0 saturated carbocycles. The van der Waals surface area contributed by atoms with Crippen molar-refractivity contribution in [3.63, 3.8) is 0 Å². The molecule has 0 amide bonds. The lowest BCUT2D eigenvalue weighted by molar-refractivity contribution is 0.251. The fourth-order valence-electron chi connectivity index (χ4n) is 1.28. The number of halogens is 2. The third kappa shape index (κ3) is 2.19. The van der Waals surface area contributed by atoms with Crippen LogP contribution in [0.4, 0.5) is 8.78 Å². The van der Waals surface area contributed by atoms with Gasteiger partial charge < -0.3 is 0 Å². The van der Waals surface area contributed by atoms with Crippen LogP contribution in [0.3, 0.4) is 0 Å². The maximum Gasteiger partial charge on any atom is 0.291 e. The van der Waals surface area contributed by atoms with Crippen LogP contribution in [0, 0.1) is 6.92 Å². The molecule has 0 spiro atoms. The van der Waals surface area contributed by atoms with E-state index in [4.69, 9.17) is 0 Å². The molecular weight excluding hydrogens is 234 g/mol. The summed E-state index contributed by atoms with van der Waals surface area (Å²) in [5.74, 6) is -2.53. The predicted molar refractivity (Wildman–Crippen MR) is 55.8 cm³/mol. The van der Waals surface area contributed by atoms with E-state index in [0.29, 0.717) is 17.4 Å². The van der Waals surface area contributed by atoms with Crippen molar-refractivity contribution in [1.82, 2.24) is 20.2 Å². The van der Waals surface area contributed by atoms with E-state index in [0.717, 1.165) is 5.56 Å². The van der Waals surface area contributed by atoms with Crippen molar-refractivity contribution in [2.45, 2.75) is 17.8 Å². The number of alkyl halides is 2. The first kappa shape index (κ1) is 11.0. The Morgan fingerprint density at radius 1 is 1.31 bits per heavy atom. The van der Waals surface area contributed by atoms with Crippen molar-refractivity contribution < 1.29 is 8.78 Å². The maximum absolute atomic E-state index is 12.2. The zero-order valence-electron chi connectivity index (χ0n) is 8.34. The van der Waals surface area contributed by atoms with Crippen molar-refractivity contribution >= 4 is 11.8 Å². The smallest absolute Gasteiger partial charge is 0.197 e. The molecule has 0 aliphatic rings. The molecule has 0 atom stereocenters. The van der Waals surface area contributed by atoms with E-state index in [1.807, 2.05) is 19.1 Å². The molecule has 2 rings (SSSR count). The number of thioether (sulfide) groups is 1. The summed E-state index contributed by atoms with van der Waals surface area (Å²) in [5, 5.41) is 10.7. The number of rotatable bonds is 3. The van der Waals surface area contributed by atoms with Crippen molar-refractivity contribution in [3.8, 4) is 5.69 Å². The average molecular weight is 242 g/mol. The molecule has 1 aromatic carbocycles. The molecule has 84 valence electrons. The molecule has 16 heavy (non-hydrogen) atoms. The number of aromatic nitrogens is 4. The fraction of sp³-hybridized carbons (Fsp3) is 0.222. The summed E-state index contributed by atoms with van der Waals surface area (Å²) in [4.78, 5) is 0. The first-order valence-electron chi connectivity index (χ1n) is 4.47. The van der Waals surface area contributed by atoms with E-state index in [-0.39, 0.29) is 5.16 Å². The highest BCUT2D eigenvalue weighted by Gasteiger charge is 2.15. The fourth-order valence-corrected chi connectivity index (χ4v) is 1.76. The van der Waals surface area contributed by atoms with E-state index in [1.54, 1.807) is 12.1 Å². The van der Waals surface area contributed by atoms with Crippen molar-refractivity contribution in [2.75, 3.05) is 0 Å². The van der Waals surface area contributed by atoms with Gasteiger partial charge in [-0.15, -0.1) is 5.10 Å². The van der Waals surface area contributed by atoms with E-state index in [1.165, 1.54) is 4.68 Å². The van der Waals surface area contributed by atoms with Gasteiger partial charge in [0.25, 0.3) is 5.76 Å². The molecule has 0 radical (unpaired) electrons. The predicted octanol–water partition coefficient (Wildman–Crippen LogP) is 2.29. The van der Waals surface area contributed by atoms with Gasteiger partial charge in [-0.25, -0.2) is 0 Å². The summed E-state index contributed by atoms with van der Waals surface area (Å²) in [6.45, 7) is 1.87. The van der Waals surface area contributed by atoms with Crippen molar-refractivity contribution in [1.29, 1.82) is 0 Å². The minimum absolute atomic E-state index is 0.0873. The molecule has 4 nitrogen and oxygen atoms in total. The quantitative estimate of drug-likeness (QED) is 0.774. The van der Waals surface area contributed by atoms with Crippen LogP contribution >= 0.6 is 11.8 Å². The van der Waals surface area contributed by atoms with Crippen LogP contribution in [-0.2, 0) is 0 Å². The first-order chi connectivity index (χ1) is 7.68. The average Bonchev–Trinajstić information content (AvgIpc) is 2.66. The minimum atomic E-state index is -2.53. The molecule has 2 aromatic rings. The molecule has 0 saturated heterocycles. The highest BCUT2D eigenvalue weighted by atomic mass is 32.2. The van der Waals surface area contributed by atoms with Crippen LogP contribution in [0.2, 0.25) is 0 Å². The molecule has 0 unspecified atom stereocenters. The van der Waals surface area contributed by atoms with Gasteiger partial charge in [0.15, 0.2) is 0 Å². The number of benzene rings is 1. The third-order valence-electron chi connectivity index (χ3n) is 1.98. The number of hydrogen-bond acceptors (Lipinski definition) is 4.